The molecule has 0 aliphatic heterocycles. The second-order valence-corrected chi connectivity index (χ2v) is 0. The molecule has 25 valence electrons. The van der Waals surface area contributed by atoms with Crippen LogP contribution in [-0.2, 0) is 60.3 Å². The summed E-state index contributed by atoms with van der Waals surface area (Å²) in [6.45, 7) is 0. The maximum Gasteiger partial charge on any atom is 0.316 e. The van der Waals surface area contributed by atoms with Crippen molar-refractivity contribution in [2.24, 2.45) is 0 Å². The van der Waals surface area contributed by atoms with E-state index in [1.165, 1.54) is 0 Å². The average Bonchev–Trinajstić information content (AvgIpc) is 0. The fourth-order valence-electron chi connectivity index (χ4n) is 0. The van der Waals surface area contributed by atoms with Gasteiger partial charge in [-0.3, -0.25) is 0 Å². The first kappa shape index (κ1) is 40.7. The molecule has 0 nitrogen and oxygen atoms in total. The molecule has 1 radical (unpaired) electrons. The Morgan fingerprint density at radius 2 is 1.00 bits per heavy atom. The molecular formula is H3FeLiMgMnZr. The predicted octanol–water partition coefficient (Wildman–Crippen LogP) is -1.57. The molecule has 0 aliphatic carbocycles. The van der Waals surface area contributed by atoms with Crippen molar-refractivity contribution in [3.8, 4) is 0 Å². The molecule has 0 amide bonds. The Hall–Kier alpha value is 3.29. The van der Waals surface area contributed by atoms with Gasteiger partial charge in [0, 0.05) is 60.3 Å². The summed E-state index contributed by atoms with van der Waals surface area (Å²) in [5.74, 6) is 0. The summed E-state index contributed by atoms with van der Waals surface area (Å²) in [6, 6.07) is 0. The largest absolute Gasteiger partial charge is 0.316 e. The van der Waals surface area contributed by atoms with Gasteiger partial charge < -0.3 is 0 Å². The van der Waals surface area contributed by atoms with Crippen LogP contribution in [0, 0.1) is 0 Å². The third-order valence-electron chi connectivity index (χ3n) is 0. The Balaban J connectivity index is 0. The maximum atomic E-state index is 0. The first-order valence-electron chi connectivity index (χ1n) is 0. The van der Waals surface area contributed by atoms with Crippen LogP contribution in [0.25, 0.3) is 0 Å². The molecule has 0 N–H and O–H groups in total. The number of hydrogen-bond acceptors (Lipinski definition) is 0. The van der Waals surface area contributed by atoms with Crippen LogP contribution in [0.3, 0.4) is 0 Å². The van der Waals surface area contributed by atoms with Crippen molar-refractivity contribution in [2.45, 2.75) is 0 Å². The average molecular weight is 236 g/mol. The van der Waals surface area contributed by atoms with Gasteiger partial charge in [-0.2, -0.15) is 0 Å². The molecule has 5 heavy (non-hydrogen) atoms. The molecule has 0 aromatic heterocycles. The van der Waals surface area contributed by atoms with Gasteiger partial charge >= 0.3 is 41.9 Å². The molecular weight excluding hydrogens is 233 g/mol. The van der Waals surface area contributed by atoms with Crippen LogP contribution in [0.4, 0.5) is 0 Å². The van der Waals surface area contributed by atoms with Crippen LogP contribution in [0.15, 0.2) is 0 Å². The Morgan fingerprint density at radius 1 is 1.00 bits per heavy atom. The summed E-state index contributed by atoms with van der Waals surface area (Å²) in [4.78, 5) is 0. The van der Waals surface area contributed by atoms with Crippen LogP contribution in [-0.4, -0.2) is 41.9 Å². The van der Waals surface area contributed by atoms with Crippen LogP contribution < -0.4 is 0 Å². The molecule has 0 aromatic rings. The van der Waals surface area contributed by atoms with Crippen molar-refractivity contribution in [3.63, 3.8) is 0 Å². The van der Waals surface area contributed by atoms with E-state index in [-0.39, 0.29) is 102 Å². The van der Waals surface area contributed by atoms with Crippen molar-refractivity contribution in [2.75, 3.05) is 0 Å². The zero-order valence-corrected chi connectivity index (χ0v) is 5.97. The minimum Gasteiger partial charge on any atom is 0 e. The molecule has 0 fully saturated rings. The predicted molar refractivity (Wildman–Crippen MR) is 15.7 cm³/mol. The van der Waals surface area contributed by atoms with E-state index in [1.54, 1.807) is 0 Å². The zero-order valence-electron chi connectivity index (χ0n) is 1.23. The minimum absolute atomic E-state index is 0. The molecule has 0 bridgehead atoms. The van der Waals surface area contributed by atoms with E-state index in [4.69, 9.17) is 0 Å². The second-order valence-electron chi connectivity index (χ2n) is 0. The van der Waals surface area contributed by atoms with E-state index < -0.39 is 0 Å². The summed E-state index contributed by atoms with van der Waals surface area (Å²) in [7, 11) is 0. The summed E-state index contributed by atoms with van der Waals surface area (Å²) >= 11 is 0. The van der Waals surface area contributed by atoms with Crippen molar-refractivity contribution >= 4 is 41.9 Å². The SMILES string of the molecule is [Fe].[LiH].[MgH2].[Mn].[Zr]. The van der Waals surface area contributed by atoms with E-state index in [9.17, 15) is 0 Å². The Morgan fingerprint density at radius 3 is 1.00 bits per heavy atom. The Labute approximate surface area is 100 Å². The zero-order chi connectivity index (χ0) is 0. The van der Waals surface area contributed by atoms with Crippen LogP contribution >= 0.6 is 0 Å². The Kier molecular flexibility index (Phi) is 217. The van der Waals surface area contributed by atoms with E-state index >= 15 is 0 Å². The fourth-order valence-corrected chi connectivity index (χ4v) is 0. The van der Waals surface area contributed by atoms with Crippen molar-refractivity contribution in [1.29, 1.82) is 0 Å². The fraction of sp³-hybridized carbons (Fsp3) is 0. The topological polar surface area (TPSA) is 0 Å². The summed E-state index contributed by atoms with van der Waals surface area (Å²) in [5, 5.41) is 0. The molecule has 0 rings (SSSR count). The Bertz CT molecular complexity index is 11.6. The van der Waals surface area contributed by atoms with Gasteiger partial charge in [-0.05, 0) is 0 Å². The van der Waals surface area contributed by atoms with Crippen LogP contribution in [0.1, 0.15) is 0 Å². The minimum atomic E-state index is 0. The van der Waals surface area contributed by atoms with Crippen molar-refractivity contribution in [1.82, 2.24) is 0 Å². The van der Waals surface area contributed by atoms with Gasteiger partial charge in [-0.15, -0.1) is 0 Å². The first-order valence-corrected chi connectivity index (χ1v) is 0. The number of rotatable bonds is 0. The smallest absolute Gasteiger partial charge is 0 e. The van der Waals surface area contributed by atoms with Gasteiger partial charge in [0.15, 0.2) is 0 Å². The summed E-state index contributed by atoms with van der Waals surface area (Å²) in [6.07, 6.45) is 0. The van der Waals surface area contributed by atoms with Gasteiger partial charge in [0.25, 0.3) is 0 Å². The van der Waals surface area contributed by atoms with Gasteiger partial charge in [-0.1, -0.05) is 0 Å². The molecule has 0 atom stereocenters. The molecule has 0 spiro atoms. The van der Waals surface area contributed by atoms with Crippen molar-refractivity contribution in [3.05, 3.63) is 0 Å². The van der Waals surface area contributed by atoms with Gasteiger partial charge in [0.2, 0.25) is 0 Å². The van der Waals surface area contributed by atoms with E-state index in [0.29, 0.717) is 0 Å². The monoisotopic (exact) mass is 235 g/mol. The van der Waals surface area contributed by atoms with Crippen molar-refractivity contribution < 1.29 is 60.3 Å². The van der Waals surface area contributed by atoms with E-state index in [1.807, 2.05) is 0 Å². The molecule has 0 saturated carbocycles. The molecule has 0 aromatic carbocycles. The first-order chi connectivity index (χ1) is 0. The normalized spacial score (nSPS) is 0. The third-order valence-corrected chi connectivity index (χ3v) is 0. The van der Waals surface area contributed by atoms with Crippen LogP contribution in [0.5, 0.6) is 0 Å². The maximum absolute atomic E-state index is 0. The van der Waals surface area contributed by atoms with E-state index in [0.717, 1.165) is 0 Å². The molecule has 0 unspecified atom stereocenters. The molecule has 0 aliphatic rings. The molecule has 5 heteroatoms. The molecule has 0 heterocycles. The van der Waals surface area contributed by atoms with E-state index in [2.05, 4.69) is 0 Å². The number of hydrogen-bond donors (Lipinski definition) is 0. The van der Waals surface area contributed by atoms with Gasteiger partial charge in [-0.25, -0.2) is 0 Å². The molecule has 0 saturated heterocycles. The van der Waals surface area contributed by atoms with Gasteiger partial charge in [0.05, 0.1) is 0 Å². The second kappa shape index (κ2) is 26.7. The standard InChI is InChI=1S/Fe.Li.Mg.Mn.Zr.3H. The quantitative estimate of drug-likeness (QED) is 0.446. The van der Waals surface area contributed by atoms with Gasteiger partial charge in [0.1, 0.15) is 0 Å². The third kappa shape index (κ3) is 18.9. The summed E-state index contributed by atoms with van der Waals surface area (Å²) in [5.41, 5.74) is 0. The van der Waals surface area contributed by atoms with Crippen LogP contribution in [0.2, 0.25) is 0 Å². The summed E-state index contributed by atoms with van der Waals surface area (Å²) < 4.78 is 0.